The van der Waals surface area contributed by atoms with E-state index in [2.05, 4.69) is 26.8 Å². The predicted molar refractivity (Wildman–Crippen MR) is 66.1 cm³/mol. The lowest BCUT2D eigenvalue weighted by Crippen LogP contribution is -2.14. The average Bonchev–Trinajstić information content (AvgIpc) is 2.98. The molecule has 1 aromatic rings. The Morgan fingerprint density at radius 2 is 1.94 bits per heavy atom. The molecule has 1 aliphatic rings. The summed E-state index contributed by atoms with van der Waals surface area (Å²) in [6.45, 7) is 6.20. The van der Waals surface area contributed by atoms with Crippen LogP contribution in [0.5, 0.6) is 0 Å². The van der Waals surface area contributed by atoms with Gasteiger partial charge in [-0.1, -0.05) is 45.7 Å². The van der Waals surface area contributed by atoms with E-state index >= 15 is 0 Å². The molecule has 0 atom stereocenters. The third-order valence-electron chi connectivity index (χ3n) is 3.38. The molecule has 0 unspecified atom stereocenters. The number of halogens is 1. The van der Waals surface area contributed by atoms with E-state index in [-0.39, 0.29) is 11.2 Å². The average molecular weight is 220 g/mol. The van der Waals surface area contributed by atoms with Crippen LogP contribution in [-0.2, 0) is 11.8 Å². The second-order valence-electron chi connectivity index (χ2n) is 6.05. The molecule has 0 bridgehead atoms. The highest BCUT2D eigenvalue weighted by Crippen LogP contribution is 2.34. The van der Waals surface area contributed by atoms with E-state index in [4.69, 9.17) is 0 Å². The third kappa shape index (κ3) is 2.84. The number of hydrogen-bond donors (Lipinski definition) is 0. The van der Waals surface area contributed by atoms with Gasteiger partial charge in [-0.2, -0.15) is 0 Å². The zero-order valence-corrected chi connectivity index (χ0v) is 10.5. The fraction of sp³-hybridized carbons (Fsp3) is 0.600. The van der Waals surface area contributed by atoms with Gasteiger partial charge in [0.1, 0.15) is 5.82 Å². The second kappa shape index (κ2) is 4.20. The third-order valence-corrected chi connectivity index (χ3v) is 3.38. The zero-order chi connectivity index (χ0) is 11.8. The molecule has 0 N–H and O–H groups in total. The summed E-state index contributed by atoms with van der Waals surface area (Å²) in [5, 5.41) is 0. The van der Waals surface area contributed by atoms with E-state index < -0.39 is 0 Å². The van der Waals surface area contributed by atoms with Gasteiger partial charge in [0.2, 0.25) is 0 Å². The SMILES string of the molecule is CC(C)(C)c1cc(CCC2CC2)ccc1F. The molecule has 16 heavy (non-hydrogen) atoms. The van der Waals surface area contributed by atoms with Crippen molar-refractivity contribution in [2.24, 2.45) is 5.92 Å². The van der Waals surface area contributed by atoms with E-state index in [1.807, 2.05) is 6.07 Å². The van der Waals surface area contributed by atoms with Crippen molar-refractivity contribution in [3.63, 3.8) is 0 Å². The first kappa shape index (κ1) is 11.6. The van der Waals surface area contributed by atoms with Crippen LogP contribution >= 0.6 is 0 Å². The summed E-state index contributed by atoms with van der Waals surface area (Å²) in [7, 11) is 0. The molecule has 1 saturated carbocycles. The standard InChI is InChI=1S/C15H21F/c1-15(2,3)13-10-12(8-9-14(13)16)7-6-11-4-5-11/h8-11H,4-7H2,1-3H3. The van der Waals surface area contributed by atoms with Crippen molar-refractivity contribution in [3.05, 3.63) is 35.1 Å². The lowest BCUT2D eigenvalue weighted by molar-refractivity contribution is 0.521. The van der Waals surface area contributed by atoms with Crippen LogP contribution < -0.4 is 0 Å². The maximum absolute atomic E-state index is 13.7. The molecule has 2 rings (SSSR count). The maximum Gasteiger partial charge on any atom is 0.126 e. The summed E-state index contributed by atoms with van der Waals surface area (Å²) in [4.78, 5) is 0. The topological polar surface area (TPSA) is 0 Å². The molecule has 0 spiro atoms. The molecule has 1 fully saturated rings. The van der Waals surface area contributed by atoms with Crippen molar-refractivity contribution in [1.29, 1.82) is 0 Å². The highest BCUT2D eigenvalue weighted by Gasteiger charge is 2.22. The summed E-state index contributed by atoms with van der Waals surface area (Å²) in [6.07, 6.45) is 5.17. The summed E-state index contributed by atoms with van der Waals surface area (Å²) >= 11 is 0. The van der Waals surface area contributed by atoms with Crippen LogP contribution in [0.15, 0.2) is 18.2 Å². The molecule has 0 aromatic heterocycles. The Morgan fingerprint density at radius 1 is 1.25 bits per heavy atom. The van der Waals surface area contributed by atoms with Gasteiger partial charge in [-0.15, -0.1) is 0 Å². The van der Waals surface area contributed by atoms with E-state index in [0.29, 0.717) is 0 Å². The van der Waals surface area contributed by atoms with Crippen molar-refractivity contribution in [2.75, 3.05) is 0 Å². The fourth-order valence-electron chi connectivity index (χ4n) is 2.08. The minimum absolute atomic E-state index is 0.0670. The van der Waals surface area contributed by atoms with Crippen LogP contribution in [0.3, 0.4) is 0 Å². The lowest BCUT2D eigenvalue weighted by Gasteiger charge is -2.20. The molecule has 0 saturated heterocycles. The highest BCUT2D eigenvalue weighted by atomic mass is 19.1. The zero-order valence-electron chi connectivity index (χ0n) is 10.5. The Labute approximate surface area is 97.9 Å². The van der Waals surface area contributed by atoms with Crippen molar-refractivity contribution >= 4 is 0 Å². The molecule has 0 heterocycles. The van der Waals surface area contributed by atoms with E-state index in [0.717, 1.165) is 17.9 Å². The molecule has 88 valence electrons. The molecule has 1 aromatic carbocycles. The first-order valence-corrected chi connectivity index (χ1v) is 6.26. The van der Waals surface area contributed by atoms with Crippen LogP contribution in [0.2, 0.25) is 0 Å². The highest BCUT2D eigenvalue weighted by molar-refractivity contribution is 5.30. The summed E-state index contributed by atoms with van der Waals surface area (Å²) in [6, 6.07) is 5.62. The van der Waals surface area contributed by atoms with Crippen molar-refractivity contribution in [3.8, 4) is 0 Å². The smallest absolute Gasteiger partial charge is 0.126 e. The Balaban J connectivity index is 2.13. The normalized spacial score (nSPS) is 16.5. The Kier molecular flexibility index (Phi) is 3.05. The van der Waals surface area contributed by atoms with Gasteiger partial charge in [-0.25, -0.2) is 4.39 Å². The molecule has 1 aliphatic carbocycles. The van der Waals surface area contributed by atoms with Crippen LogP contribution in [0.25, 0.3) is 0 Å². The van der Waals surface area contributed by atoms with Crippen molar-refractivity contribution in [2.45, 2.75) is 51.9 Å². The van der Waals surface area contributed by atoms with Gasteiger partial charge in [-0.05, 0) is 41.4 Å². The molecule has 1 heteroatoms. The van der Waals surface area contributed by atoms with Gasteiger partial charge >= 0.3 is 0 Å². The van der Waals surface area contributed by atoms with Crippen molar-refractivity contribution < 1.29 is 4.39 Å². The Morgan fingerprint density at radius 3 is 2.50 bits per heavy atom. The van der Waals surface area contributed by atoms with E-state index in [1.165, 1.54) is 24.8 Å². The number of hydrogen-bond acceptors (Lipinski definition) is 0. The Bertz CT molecular complexity index is 370. The van der Waals surface area contributed by atoms with Gasteiger partial charge in [0.05, 0.1) is 0 Å². The van der Waals surface area contributed by atoms with E-state index in [9.17, 15) is 4.39 Å². The van der Waals surface area contributed by atoms with Crippen molar-refractivity contribution in [1.82, 2.24) is 0 Å². The monoisotopic (exact) mass is 220 g/mol. The summed E-state index contributed by atoms with van der Waals surface area (Å²) in [5.41, 5.74) is 2.04. The van der Waals surface area contributed by atoms with Gasteiger partial charge in [0, 0.05) is 0 Å². The van der Waals surface area contributed by atoms with Crippen LogP contribution in [0, 0.1) is 11.7 Å². The maximum atomic E-state index is 13.7. The van der Waals surface area contributed by atoms with Crippen LogP contribution in [0.1, 0.15) is 51.2 Å². The van der Waals surface area contributed by atoms with E-state index in [1.54, 1.807) is 6.07 Å². The molecule has 0 amide bonds. The first-order chi connectivity index (χ1) is 7.47. The quantitative estimate of drug-likeness (QED) is 0.705. The second-order valence-corrected chi connectivity index (χ2v) is 6.05. The lowest BCUT2D eigenvalue weighted by atomic mass is 9.85. The molecule has 0 aliphatic heterocycles. The number of benzene rings is 1. The Hall–Kier alpha value is -0.850. The van der Waals surface area contributed by atoms with Crippen LogP contribution in [-0.4, -0.2) is 0 Å². The molecule has 0 radical (unpaired) electrons. The first-order valence-electron chi connectivity index (χ1n) is 6.26. The van der Waals surface area contributed by atoms with Gasteiger partial charge in [-0.3, -0.25) is 0 Å². The minimum Gasteiger partial charge on any atom is -0.207 e. The number of aryl methyl sites for hydroxylation is 1. The summed E-state index contributed by atoms with van der Waals surface area (Å²) in [5.74, 6) is 0.880. The predicted octanol–water partition coefficient (Wildman–Crippen LogP) is 4.47. The summed E-state index contributed by atoms with van der Waals surface area (Å²) < 4.78 is 13.7. The van der Waals surface area contributed by atoms with Gasteiger partial charge < -0.3 is 0 Å². The molecule has 0 nitrogen and oxygen atoms in total. The molecular formula is C15H21F. The largest absolute Gasteiger partial charge is 0.207 e. The number of rotatable bonds is 3. The minimum atomic E-state index is -0.0975. The van der Waals surface area contributed by atoms with Gasteiger partial charge in [0.15, 0.2) is 0 Å². The van der Waals surface area contributed by atoms with Gasteiger partial charge in [0.25, 0.3) is 0 Å². The fourth-order valence-corrected chi connectivity index (χ4v) is 2.08. The molecular weight excluding hydrogens is 199 g/mol. The van der Waals surface area contributed by atoms with Crippen LogP contribution in [0.4, 0.5) is 4.39 Å².